The van der Waals surface area contributed by atoms with Crippen LogP contribution < -0.4 is 16.0 Å². The van der Waals surface area contributed by atoms with Gasteiger partial charge in [-0.05, 0) is 24.8 Å². The van der Waals surface area contributed by atoms with E-state index >= 15 is 0 Å². The quantitative estimate of drug-likeness (QED) is 0.196. The summed E-state index contributed by atoms with van der Waals surface area (Å²) in [6, 6.07) is 0.453. The van der Waals surface area contributed by atoms with Gasteiger partial charge in [-0.25, -0.2) is 4.79 Å². The van der Waals surface area contributed by atoms with E-state index in [1.807, 2.05) is 11.8 Å². The third-order valence-electron chi connectivity index (χ3n) is 3.90. The van der Waals surface area contributed by atoms with Crippen molar-refractivity contribution in [3.8, 4) is 0 Å². The second-order valence-electron chi connectivity index (χ2n) is 5.53. The van der Waals surface area contributed by atoms with Crippen LogP contribution in [0.3, 0.4) is 0 Å². The Bertz CT molecular complexity index is 454. The van der Waals surface area contributed by atoms with E-state index < -0.39 is 0 Å². The number of thioether (sulfide) groups is 1. The number of rotatable bonds is 9. The van der Waals surface area contributed by atoms with E-state index in [1.165, 1.54) is 0 Å². The maximum atomic E-state index is 11.6. The Labute approximate surface area is 133 Å². The molecule has 2 heterocycles. The molecule has 122 valence electrons. The summed E-state index contributed by atoms with van der Waals surface area (Å²) in [6.07, 6.45) is 4.07. The summed E-state index contributed by atoms with van der Waals surface area (Å²) < 4.78 is 0. The standard InChI is InChI=1S/C13H22N6O2S/c14-19-16-7-3-6-15-11(20)5-2-1-4-10-12-9(8-22-10)17-13(21)18-12/h9-10,12H,1-8H2,(H,15,20)(H2,17,18,21)/t9-,10+,12-/m0/s1. The normalized spacial score (nSPS) is 25.8. The summed E-state index contributed by atoms with van der Waals surface area (Å²) in [5, 5.41) is 12.6. The Morgan fingerprint density at radius 2 is 2.27 bits per heavy atom. The van der Waals surface area contributed by atoms with Gasteiger partial charge in [-0.3, -0.25) is 4.79 Å². The number of unbranched alkanes of at least 4 members (excludes halogenated alkanes) is 1. The Hall–Kier alpha value is -1.60. The molecule has 0 aromatic rings. The lowest BCUT2D eigenvalue weighted by Gasteiger charge is -2.16. The van der Waals surface area contributed by atoms with Crippen molar-refractivity contribution in [1.29, 1.82) is 0 Å². The van der Waals surface area contributed by atoms with Gasteiger partial charge in [-0.1, -0.05) is 11.5 Å². The lowest BCUT2D eigenvalue weighted by atomic mass is 10.0. The number of hydrogen-bond donors (Lipinski definition) is 3. The highest BCUT2D eigenvalue weighted by Gasteiger charge is 2.42. The Morgan fingerprint density at radius 1 is 1.41 bits per heavy atom. The monoisotopic (exact) mass is 326 g/mol. The van der Waals surface area contributed by atoms with Crippen LogP contribution in [0.25, 0.3) is 10.4 Å². The molecule has 0 aliphatic carbocycles. The third kappa shape index (κ3) is 4.99. The zero-order chi connectivity index (χ0) is 15.8. The first-order valence-corrected chi connectivity index (χ1v) is 8.72. The van der Waals surface area contributed by atoms with Crippen molar-refractivity contribution in [1.82, 2.24) is 16.0 Å². The lowest BCUT2D eigenvalue weighted by molar-refractivity contribution is -0.121. The van der Waals surface area contributed by atoms with Crippen LogP contribution in [0.4, 0.5) is 4.79 Å². The average Bonchev–Trinajstić information content (AvgIpc) is 3.03. The fraction of sp³-hybridized carbons (Fsp3) is 0.846. The van der Waals surface area contributed by atoms with E-state index in [9.17, 15) is 9.59 Å². The molecule has 3 N–H and O–H groups in total. The molecular formula is C13H22N6O2S. The van der Waals surface area contributed by atoms with Crippen LogP contribution in [0.1, 0.15) is 32.1 Å². The highest BCUT2D eigenvalue weighted by molar-refractivity contribution is 8.00. The first-order chi connectivity index (χ1) is 10.7. The number of fused-ring (bicyclic) bond motifs is 1. The van der Waals surface area contributed by atoms with E-state index in [0.29, 0.717) is 31.2 Å². The van der Waals surface area contributed by atoms with E-state index in [-0.39, 0.29) is 24.0 Å². The van der Waals surface area contributed by atoms with E-state index in [0.717, 1.165) is 25.0 Å². The van der Waals surface area contributed by atoms with Crippen molar-refractivity contribution in [2.45, 2.75) is 49.4 Å². The van der Waals surface area contributed by atoms with Crippen molar-refractivity contribution < 1.29 is 9.59 Å². The predicted molar refractivity (Wildman–Crippen MR) is 85.6 cm³/mol. The molecule has 0 saturated carbocycles. The molecule has 3 atom stereocenters. The smallest absolute Gasteiger partial charge is 0.315 e. The zero-order valence-electron chi connectivity index (χ0n) is 12.5. The minimum Gasteiger partial charge on any atom is -0.356 e. The van der Waals surface area contributed by atoms with Crippen LogP contribution in [-0.2, 0) is 4.79 Å². The molecule has 9 heteroatoms. The molecule has 2 saturated heterocycles. The summed E-state index contributed by atoms with van der Waals surface area (Å²) in [5.41, 5.74) is 8.12. The molecule has 2 aliphatic rings. The Kier molecular flexibility index (Phi) is 6.67. The predicted octanol–water partition coefficient (Wildman–Crippen LogP) is 1.53. The first kappa shape index (κ1) is 16.8. The number of nitrogens with one attached hydrogen (secondary N) is 3. The average molecular weight is 326 g/mol. The number of hydrogen-bond acceptors (Lipinski definition) is 4. The summed E-state index contributed by atoms with van der Waals surface area (Å²) in [7, 11) is 0. The number of urea groups is 1. The Balaban J connectivity index is 1.51. The van der Waals surface area contributed by atoms with Crippen molar-refractivity contribution in [2.75, 3.05) is 18.8 Å². The molecule has 22 heavy (non-hydrogen) atoms. The molecule has 0 bridgehead atoms. The van der Waals surface area contributed by atoms with Gasteiger partial charge < -0.3 is 16.0 Å². The van der Waals surface area contributed by atoms with E-state index in [4.69, 9.17) is 5.53 Å². The Morgan fingerprint density at radius 3 is 3.09 bits per heavy atom. The van der Waals surface area contributed by atoms with Crippen molar-refractivity contribution in [2.24, 2.45) is 5.11 Å². The number of azide groups is 1. The van der Waals surface area contributed by atoms with Gasteiger partial charge in [0.05, 0.1) is 12.1 Å². The van der Waals surface area contributed by atoms with Gasteiger partial charge in [0.1, 0.15) is 0 Å². The molecule has 0 unspecified atom stereocenters. The van der Waals surface area contributed by atoms with Gasteiger partial charge in [-0.15, -0.1) is 0 Å². The lowest BCUT2D eigenvalue weighted by Crippen LogP contribution is -2.36. The summed E-state index contributed by atoms with van der Waals surface area (Å²) in [6.45, 7) is 0.968. The van der Waals surface area contributed by atoms with E-state index in [2.05, 4.69) is 26.0 Å². The molecule has 8 nitrogen and oxygen atoms in total. The summed E-state index contributed by atoms with van der Waals surface area (Å²) in [5.74, 6) is 1.02. The second-order valence-corrected chi connectivity index (χ2v) is 6.80. The van der Waals surface area contributed by atoms with Gasteiger partial charge in [0.25, 0.3) is 0 Å². The van der Waals surface area contributed by atoms with Crippen LogP contribution >= 0.6 is 11.8 Å². The summed E-state index contributed by atoms with van der Waals surface area (Å²) in [4.78, 5) is 25.5. The third-order valence-corrected chi connectivity index (χ3v) is 5.41. The van der Waals surface area contributed by atoms with Crippen LogP contribution in [0, 0.1) is 0 Å². The highest BCUT2D eigenvalue weighted by atomic mass is 32.2. The van der Waals surface area contributed by atoms with Gasteiger partial charge in [0.15, 0.2) is 0 Å². The van der Waals surface area contributed by atoms with Crippen molar-refractivity contribution >= 4 is 23.7 Å². The first-order valence-electron chi connectivity index (χ1n) is 7.67. The largest absolute Gasteiger partial charge is 0.356 e. The molecular weight excluding hydrogens is 304 g/mol. The molecule has 3 amide bonds. The van der Waals surface area contributed by atoms with Gasteiger partial charge in [-0.2, -0.15) is 11.8 Å². The molecule has 2 rings (SSSR count). The highest BCUT2D eigenvalue weighted by Crippen LogP contribution is 2.33. The maximum absolute atomic E-state index is 11.6. The second kappa shape index (κ2) is 8.75. The molecule has 0 radical (unpaired) electrons. The fourth-order valence-corrected chi connectivity index (χ4v) is 4.33. The minimum absolute atomic E-state index is 0.0497. The maximum Gasteiger partial charge on any atom is 0.315 e. The topological polar surface area (TPSA) is 119 Å². The SMILES string of the molecule is [N-]=[N+]=NCCCNC(=O)CCCC[C@H]1SC[C@@H]2NC(=O)N[C@@H]21. The molecule has 0 aromatic heterocycles. The van der Waals surface area contributed by atoms with Crippen LogP contribution in [0.15, 0.2) is 5.11 Å². The van der Waals surface area contributed by atoms with E-state index in [1.54, 1.807) is 0 Å². The zero-order valence-corrected chi connectivity index (χ0v) is 13.3. The molecule has 2 fully saturated rings. The number of carbonyl (C=O) groups is 2. The fourth-order valence-electron chi connectivity index (χ4n) is 2.78. The van der Waals surface area contributed by atoms with Crippen LogP contribution in [-0.4, -0.2) is 48.1 Å². The number of nitrogens with zero attached hydrogens (tertiary/aromatic N) is 3. The van der Waals surface area contributed by atoms with Crippen molar-refractivity contribution in [3.05, 3.63) is 10.4 Å². The summed E-state index contributed by atoms with van der Waals surface area (Å²) >= 11 is 1.90. The van der Waals surface area contributed by atoms with Crippen LogP contribution in [0.5, 0.6) is 0 Å². The van der Waals surface area contributed by atoms with Gasteiger partial charge in [0, 0.05) is 35.4 Å². The molecule has 2 aliphatic heterocycles. The number of carbonyl (C=O) groups excluding carboxylic acids is 2. The van der Waals surface area contributed by atoms with Crippen molar-refractivity contribution in [3.63, 3.8) is 0 Å². The van der Waals surface area contributed by atoms with Gasteiger partial charge >= 0.3 is 6.03 Å². The number of amides is 3. The molecule has 0 aromatic carbocycles. The van der Waals surface area contributed by atoms with Gasteiger partial charge in [0.2, 0.25) is 5.91 Å². The van der Waals surface area contributed by atoms with Crippen LogP contribution in [0.2, 0.25) is 0 Å². The molecule has 0 spiro atoms. The minimum atomic E-state index is -0.0552.